The fourth-order valence-electron chi connectivity index (χ4n) is 2.09. The molecule has 0 N–H and O–H groups in total. The minimum Gasteiger partial charge on any atom is -0.143 e. The minimum atomic E-state index is -0.0322. The molecule has 17 heavy (non-hydrogen) atoms. The first-order chi connectivity index (χ1) is 8.25. The largest absolute Gasteiger partial charge is 0.143 e. The maximum Gasteiger partial charge on any atom is 0.135 e. The van der Waals surface area contributed by atoms with Crippen LogP contribution in [-0.2, 0) is 0 Å². The van der Waals surface area contributed by atoms with Gasteiger partial charge >= 0.3 is 0 Å². The molecule has 1 fully saturated rings. The summed E-state index contributed by atoms with van der Waals surface area (Å²) in [5.41, 5.74) is 1.41. The fourth-order valence-corrected chi connectivity index (χ4v) is 3.22. The molecule has 0 bridgehead atoms. The molecule has 3 unspecified atom stereocenters. The summed E-state index contributed by atoms with van der Waals surface area (Å²) in [5, 5.41) is 10.4. The van der Waals surface area contributed by atoms with Gasteiger partial charge in [-0.05, 0) is 24.8 Å². The minimum absolute atomic E-state index is 0.0322. The van der Waals surface area contributed by atoms with E-state index in [0.29, 0.717) is 11.8 Å². The standard InChI is InChI=1S/C13H13ClN2S/c1-8(14)12-15-16-13(17-12)11-7-10(11)9-5-3-2-4-6-9/h2-6,8,10-11H,7H2,1H3. The van der Waals surface area contributed by atoms with Crippen molar-refractivity contribution in [2.45, 2.75) is 30.6 Å². The molecule has 0 amide bonds. The molecular formula is C13H13ClN2S. The van der Waals surface area contributed by atoms with Crippen LogP contribution in [0.2, 0.25) is 0 Å². The summed E-state index contributed by atoms with van der Waals surface area (Å²) >= 11 is 7.66. The van der Waals surface area contributed by atoms with E-state index in [2.05, 4.69) is 40.5 Å². The lowest BCUT2D eigenvalue weighted by Gasteiger charge is -1.96. The van der Waals surface area contributed by atoms with E-state index in [9.17, 15) is 0 Å². The van der Waals surface area contributed by atoms with E-state index in [-0.39, 0.29) is 5.38 Å². The second kappa shape index (κ2) is 4.39. The van der Waals surface area contributed by atoms with Crippen molar-refractivity contribution in [2.75, 3.05) is 0 Å². The van der Waals surface area contributed by atoms with Gasteiger partial charge in [0.1, 0.15) is 10.0 Å². The van der Waals surface area contributed by atoms with Gasteiger partial charge in [-0.2, -0.15) is 0 Å². The van der Waals surface area contributed by atoms with Crippen molar-refractivity contribution < 1.29 is 0 Å². The normalized spacial score (nSPS) is 24.6. The predicted octanol–water partition coefficient (Wildman–Crippen LogP) is 4.11. The predicted molar refractivity (Wildman–Crippen MR) is 70.7 cm³/mol. The van der Waals surface area contributed by atoms with Crippen LogP contribution < -0.4 is 0 Å². The van der Waals surface area contributed by atoms with Crippen LogP contribution in [0.5, 0.6) is 0 Å². The Bertz CT molecular complexity index is 509. The van der Waals surface area contributed by atoms with Gasteiger partial charge in [0.2, 0.25) is 0 Å². The summed E-state index contributed by atoms with van der Waals surface area (Å²) < 4.78 is 0. The number of alkyl halides is 1. The molecule has 1 saturated carbocycles. The van der Waals surface area contributed by atoms with E-state index in [1.165, 1.54) is 12.0 Å². The van der Waals surface area contributed by atoms with Crippen LogP contribution in [-0.4, -0.2) is 10.2 Å². The van der Waals surface area contributed by atoms with Crippen LogP contribution in [0.15, 0.2) is 30.3 Å². The van der Waals surface area contributed by atoms with Crippen LogP contribution in [0, 0.1) is 0 Å². The van der Waals surface area contributed by atoms with Gasteiger partial charge in [-0.25, -0.2) is 0 Å². The van der Waals surface area contributed by atoms with Crippen LogP contribution in [0.3, 0.4) is 0 Å². The molecule has 1 aromatic heterocycles. The molecule has 1 aliphatic carbocycles. The smallest absolute Gasteiger partial charge is 0.135 e. The molecule has 2 aromatic rings. The Balaban J connectivity index is 1.76. The fraction of sp³-hybridized carbons (Fsp3) is 0.385. The number of aromatic nitrogens is 2. The average molecular weight is 265 g/mol. The van der Waals surface area contributed by atoms with Crippen LogP contribution in [0.4, 0.5) is 0 Å². The molecule has 2 nitrogen and oxygen atoms in total. The Labute approximate surface area is 110 Å². The van der Waals surface area contributed by atoms with Crippen molar-refractivity contribution in [3.8, 4) is 0 Å². The maximum atomic E-state index is 6.00. The lowest BCUT2D eigenvalue weighted by molar-refractivity contribution is 0.905. The highest BCUT2D eigenvalue weighted by molar-refractivity contribution is 7.11. The van der Waals surface area contributed by atoms with Crippen molar-refractivity contribution in [3.63, 3.8) is 0 Å². The molecular weight excluding hydrogens is 252 g/mol. The number of hydrogen-bond acceptors (Lipinski definition) is 3. The van der Waals surface area contributed by atoms with Gasteiger partial charge in [-0.15, -0.1) is 21.8 Å². The summed E-state index contributed by atoms with van der Waals surface area (Å²) in [7, 11) is 0. The second-order valence-electron chi connectivity index (χ2n) is 4.45. The molecule has 0 saturated heterocycles. The highest BCUT2D eigenvalue weighted by Gasteiger charge is 2.42. The van der Waals surface area contributed by atoms with Crippen LogP contribution >= 0.6 is 22.9 Å². The van der Waals surface area contributed by atoms with E-state index in [1.54, 1.807) is 11.3 Å². The van der Waals surface area contributed by atoms with E-state index in [4.69, 9.17) is 11.6 Å². The van der Waals surface area contributed by atoms with Gasteiger partial charge in [-0.1, -0.05) is 41.7 Å². The van der Waals surface area contributed by atoms with Crippen LogP contribution in [0.25, 0.3) is 0 Å². The monoisotopic (exact) mass is 264 g/mol. The molecule has 0 aliphatic heterocycles. The average Bonchev–Trinajstić information content (AvgIpc) is 2.99. The quantitative estimate of drug-likeness (QED) is 0.780. The van der Waals surface area contributed by atoms with E-state index < -0.39 is 0 Å². The molecule has 1 aromatic carbocycles. The molecule has 0 radical (unpaired) electrons. The molecule has 3 rings (SSSR count). The van der Waals surface area contributed by atoms with E-state index >= 15 is 0 Å². The zero-order chi connectivity index (χ0) is 11.8. The number of nitrogens with zero attached hydrogens (tertiary/aromatic N) is 2. The summed E-state index contributed by atoms with van der Waals surface area (Å²) in [6.45, 7) is 1.94. The Morgan fingerprint density at radius 1 is 1.24 bits per heavy atom. The summed E-state index contributed by atoms with van der Waals surface area (Å²) in [6.07, 6.45) is 1.19. The Hall–Kier alpha value is -0.930. The van der Waals surface area contributed by atoms with Gasteiger partial charge in [-0.3, -0.25) is 0 Å². The zero-order valence-corrected chi connectivity index (χ0v) is 11.1. The molecule has 3 atom stereocenters. The van der Waals surface area contributed by atoms with Crippen molar-refractivity contribution in [1.29, 1.82) is 0 Å². The Morgan fingerprint density at radius 2 is 2.00 bits per heavy atom. The first kappa shape index (κ1) is 11.2. The molecule has 1 aliphatic rings. The molecule has 1 heterocycles. The van der Waals surface area contributed by atoms with Crippen LogP contribution in [0.1, 0.15) is 46.1 Å². The van der Waals surface area contributed by atoms with E-state index in [1.807, 2.05) is 6.92 Å². The van der Waals surface area contributed by atoms with Crippen molar-refractivity contribution >= 4 is 22.9 Å². The van der Waals surface area contributed by atoms with Gasteiger partial charge in [0.05, 0.1) is 5.38 Å². The molecule has 4 heteroatoms. The third-order valence-electron chi connectivity index (χ3n) is 3.13. The topological polar surface area (TPSA) is 25.8 Å². The Kier molecular flexibility index (Phi) is 2.89. The van der Waals surface area contributed by atoms with Gasteiger partial charge in [0, 0.05) is 5.92 Å². The lowest BCUT2D eigenvalue weighted by atomic mass is 10.1. The lowest BCUT2D eigenvalue weighted by Crippen LogP contribution is -1.83. The third kappa shape index (κ3) is 2.22. The molecule has 0 spiro atoms. The zero-order valence-electron chi connectivity index (χ0n) is 9.51. The SMILES string of the molecule is CC(Cl)c1nnc(C2CC2c2ccccc2)s1. The van der Waals surface area contributed by atoms with Gasteiger partial charge in [0.25, 0.3) is 0 Å². The Morgan fingerprint density at radius 3 is 2.65 bits per heavy atom. The third-order valence-corrected chi connectivity index (χ3v) is 4.71. The number of rotatable bonds is 3. The first-order valence-electron chi connectivity index (χ1n) is 5.78. The second-order valence-corrected chi connectivity index (χ2v) is 6.15. The number of hydrogen-bond donors (Lipinski definition) is 0. The van der Waals surface area contributed by atoms with Crippen molar-refractivity contribution in [1.82, 2.24) is 10.2 Å². The maximum absolute atomic E-state index is 6.00. The summed E-state index contributed by atoms with van der Waals surface area (Å²) in [5.74, 6) is 1.18. The highest BCUT2D eigenvalue weighted by Crippen LogP contribution is 2.55. The highest BCUT2D eigenvalue weighted by atomic mass is 35.5. The van der Waals surface area contributed by atoms with Crippen molar-refractivity contribution in [3.05, 3.63) is 45.9 Å². The first-order valence-corrected chi connectivity index (χ1v) is 7.03. The molecule has 88 valence electrons. The van der Waals surface area contributed by atoms with Crippen molar-refractivity contribution in [2.24, 2.45) is 0 Å². The number of halogens is 1. The summed E-state index contributed by atoms with van der Waals surface area (Å²) in [4.78, 5) is 0. The van der Waals surface area contributed by atoms with Gasteiger partial charge in [0.15, 0.2) is 0 Å². The summed E-state index contributed by atoms with van der Waals surface area (Å²) in [6, 6.07) is 10.6. The number of benzene rings is 1. The van der Waals surface area contributed by atoms with E-state index in [0.717, 1.165) is 10.0 Å². The van der Waals surface area contributed by atoms with Gasteiger partial charge < -0.3 is 0 Å².